The quantitative estimate of drug-likeness (QED) is 0.663. The molecule has 0 N–H and O–H groups in total. The molecule has 2 nitrogen and oxygen atoms in total. The largest absolute Gasteiger partial charge is 0.436 e. The summed E-state index contributed by atoms with van der Waals surface area (Å²) in [6.07, 6.45) is 0. The Morgan fingerprint density at radius 1 is 1.16 bits per heavy atom. The molecule has 0 unspecified atom stereocenters. The Bertz CT molecular complexity index is 756. The zero-order valence-electron chi connectivity index (χ0n) is 10.5. The van der Waals surface area contributed by atoms with Crippen LogP contribution in [0.2, 0.25) is 0 Å². The molecule has 0 aliphatic carbocycles. The van der Waals surface area contributed by atoms with Crippen LogP contribution in [0.5, 0.6) is 0 Å². The number of allylic oxidation sites excluding steroid dienone is 1. The highest BCUT2D eigenvalue weighted by molar-refractivity contribution is 5.80. The van der Waals surface area contributed by atoms with Crippen molar-refractivity contribution in [3.05, 3.63) is 60.4 Å². The van der Waals surface area contributed by atoms with Gasteiger partial charge in [-0.25, -0.2) is 9.37 Å². The number of nitrogens with zero attached hydrogens (tertiary/aromatic N) is 1. The van der Waals surface area contributed by atoms with Crippen LogP contribution in [-0.4, -0.2) is 4.98 Å². The maximum absolute atomic E-state index is 12.9. The lowest BCUT2D eigenvalue weighted by atomic mass is 10.1. The van der Waals surface area contributed by atoms with Gasteiger partial charge in [0.25, 0.3) is 0 Å². The van der Waals surface area contributed by atoms with E-state index < -0.39 is 0 Å². The Labute approximate surface area is 110 Å². The van der Waals surface area contributed by atoms with Crippen LogP contribution in [0.3, 0.4) is 0 Å². The minimum absolute atomic E-state index is 0.274. The fourth-order valence-corrected chi connectivity index (χ4v) is 1.91. The molecule has 0 fully saturated rings. The topological polar surface area (TPSA) is 26.0 Å². The fourth-order valence-electron chi connectivity index (χ4n) is 1.91. The molecule has 0 spiro atoms. The van der Waals surface area contributed by atoms with Crippen LogP contribution in [0, 0.1) is 5.82 Å². The van der Waals surface area contributed by atoms with E-state index in [2.05, 4.69) is 11.6 Å². The van der Waals surface area contributed by atoms with E-state index in [1.165, 1.54) is 12.1 Å². The van der Waals surface area contributed by atoms with Crippen LogP contribution in [-0.2, 0) is 0 Å². The van der Waals surface area contributed by atoms with Gasteiger partial charge in [-0.2, -0.15) is 0 Å². The molecule has 0 saturated carbocycles. The van der Waals surface area contributed by atoms with E-state index in [1.807, 2.05) is 25.1 Å². The van der Waals surface area contributed by atoms with Crippen molar-refractivity contribution in [2.75, 3.05) is 0 Å². The molecule has 3 rings (SSSR count). The minimum atomic E-state index is -0.274. The van der Waals surface area contributed by atoms with Crippen LogP contribution in [0.25, 0.3) is 28.1 Å². The third-order valence-electron chi connectivity index (χ3n) is 2.97. The molecule has 1 heterocycles. The third-order valence-corrected chi connectivity index (χ3v) is 2.97. The van der Waals surface area contributed by atoms with Gasteiger partial charge < -0.3 is 4.42 Å². The Morgan fingerprint density at radius 3 is 2.58 bits per heavy atom. The van der Waals surface area contributed by atoms with Crippen LogP contribution >= 0.6 is 0 Å². The van der Waals surface area contributed by atoms with Crippen molar-refractivity contribution in [2.45, 2.75) is 6.92 Å². The summed E-state index contributed by atoms with van der Waals surface area (Å²) in [5.41, 5.74) is 4.26. The van der Waals surface area contributed by atoms with Crippen molar-refractivity contribution < 1.29 is 8.81 Å². The molecular formula is C16H12FNO. The normalized spacial score (nSPS) is 10.8. The van der Waals surface area contributed by atoms with E-state index in [1.54, 1.807) is 12.1 Å². The van der Waals surface area contributed by atoms with E-state index in [9.17, 15) is 4.39 Å². The van der Waals surface area contributed by atoms with Gasteiger partial charge in [0.05, 0.1) is 0 Å². The van der Waals surface area contributed by atoms with Gasteiger partial charge in [0.15, 0.2) is 5.58 Å². The lowest BCUT2D eigenvalue weighted by Gasteiger charge is -1.96. The third kappa shape index (κ3) is 2.15. The summed E-state index contributed by atoms with van der Waals surface area (Å²) in [5.74, 6) is 0.221. The predicted octanol–water partition coefficient (Wildman–Crippen LogP) is 4.67. The first-order chi connectivity index (χ1) is 9.13. The maximum atomic E-state index is 12.9. The van der Waals surface area contributed by atoms with Gasteiger partial charge in [0.1, 0.15) is 11.3 Å². The van der Waals surface area contributed by atoms with E-state index in [0.717, 1.165) is 22.2 Å². The van der Waals surface area contributed by atoms with Crippen molar-refractivity contribution in [3.63, 3.8) is 0 Å². The van der Waals surface area contributed by atoms with E-state index in [0.29, 0.717) is 11.5 Å². The van der Waals surface area contributed by atoms with Gasteiger partial charge in [-0.05, 0) is 48.9 Å². The van der Waals surface area contributed by atoms with Crippen LogP contribution in [0.15, 0.2) is 53.5 Å². The molecule has 2 aromatic carbocycles. The van der Waals surface area contributed by atoms with Crippen molar-refractivity contribution >= 4 is 16.7 Å². The van der Waals surface area contributed by atoms with Gasteiger partial charge in [0.2, 0.25) is 5.89 Å². The molecule has 0 bridgehead atoms. The number of benzene rings is 2. The first-order valence-electron chi connectivity index (χ1n) is 5.96. The summed E-state index contributed by atoms with van der Waals surface area (Å²) in [4.78, 5) is 4.43. The lowest BCUT2D eigenvalue weighted by Crippen LogP contribution is -1.79. The number of hydrogen-bond acceptors (Lipinski definition) is 2. The molecule has 0 radical (unpaired) electrons. The molecule has 0 aliphatic heterocycles. The molecule has 0 saturated heterocycles. The summed E-state index contributed by atoms with van der Waals surface area (Å²) in [6.45, 7) is 5.85. The number of halogens is 1. The van der Waals surface area contributed by atoms with Gasteiger partial charge in [-0.3, -0.25) is 0 Å². The molecular weight excluding hydrogens is 241 g/mol. The fraction of sp³-hybridized carbons (Fsp3) is 0.0625. The maximum Gasteiger partial charge on any atom is 0.227 e. The molecule has 3 aromatic rings. The van der Waals surface area contributed by atoms with Gasteiger partial charge >= 0.3 is 0 Å². The number of fused-ring (bicyclic) bond motifs is 1. The zero-order chi connectivity index (χ0) is 13.4. The van der Waals surface area contributed by atoms with Crippen molar-refractivity contribution in [2.24, 2.45) is 0 Å². The summed E-state index contributed by atoms with van der Waals surface area (Å²) in [5, 5.41) is 0. The predicted molar refractivity (Wildman–Crippen MR) is 74.1 cm³/mol. The first kappa shape index (κ1) is 11.7. The van der Waals surface area contributed by atoms with Gasteiger partial charge in [-0.1, -0.05) is 18.2 Å². The molecule has 3 heteroatoms. The first-order valence-corrected chi connectivity index (χ1v) is 5.96. The smallest absolute Gasteiger partial charge is 0.227 e. The summed E-state index contributed by atoms with van der Waals surface area (Å²) in [6, 6.07) is 11.9. The zero-order valence-corrected chi connectivity index (χ0v) is 10.5. The number of rotatable bonds is 2. The Morgan fingerprint density at radius 2 is 1.89 bits per heavy atom. The highest BCUT2D eigenvalue weighted by Crippen LogP contribution is 2.26. The van der Waals surface area contributed by atoms with Crippen molar-refractivity contribution in [3.8, 4) is 11.5 Å². The standard InChI is InChI=1S/C16H12FNO/c1-10(2)12-5-8-15-14(9-12)18-16(19-15)11-3-6-13(17)7-4-11/h3-9H,1H2,2H3. The molecule has 94 valence electrons. The number of hydrogen-bond donors (Lipinski definition) is 0. The second-order valence-electron chi connectivity index (χ2n) is 4.49. The average molecular weight is 253 g/mol. The molecule has 0 aliphatic rings. The summed E-state index contributed by atoms with van der Waals surface area (Å²) in [7, 11) is 0. The van der Waals surface area contributed by atoms with Crippen LogP contribution in [0.4, 0.5) is 4.39 Å². The molecule has 19 heavy (non-hydrogen) atoms. The lowest BCUT2D eigenvalue weighted by molar-refractivity contribution is 0.616. The SMILES string of the molecule is C=C(C)c1ccc2oc(-c3ccc(F)cc3)nc2c1. The van der Waals surface area contributed by atoms with Crippen LogP contribution < -0.4 is 0 Å². The van der Waals surface area contributed by atoms with Crippen LogP contribution in [0.1, 0.15) is 12.5 Å². The Kier molecular flexibility index (Phi) is 2.67. The number of aromatic nitrogens is 1. The second-order valence-corrected chi connectivity index (χ2v) is 4.49. The van der Waals surface area contributed by atoms with E-state index >= 15 is 0 Å². The number of oxazole rings is 1. The van der Waals surface area contributed by atoms with Gasteiger partial charge in [-0.15, -0.1) is 0 Å². The molecule has 1 aromatic heterocycles. The van der Waals surface area contributed by atoms with E-state index in [-0.39, 0.29) is 5.82 Å². The monoisotopic (exact) mass is 253 g/mol. The molecule has 0 amide bonds. The summed E-state index contributed by atoms with van der Waals surface area (Å²) < 4.78 is 18.6. The minimum Gasteiger partial charge on any atom is -0.436 e. The highest BCUT2D eigenvalue weighted by atomic mass is 19.1. The highest BCUT2D eigenvalue weighted by Gasteiger charge is 2.09. The summed E-state index contributed by atoms with van der Waals surface area (Å²) >= 11 is 0. The Balaban J connectivity index is 2.11. The van der Waals surface area contributed by atoms with Crippen molar-refractivity contribution in [1.29, 1.82) is 0 Å². The molecule has 0 atom stereocenters. The van der Waals surface area contributed by atoms with Gasteiger partial charge in [0, 0.05) is 5.56 Å². The second kappa shape index (κ2) is 4.35. The van der Waals surface area contributed by atoms with Crippen molar-refractivity contribution in [1.82, 2.24) is 4.98 Å². The Hall–Kier alpha value is -2.42. The van der Waals surface area contributed by atoms with E-state index in [4.69, 9.17) is 4.42 Å². The average Bonchev–Trinajstić information content (AvgIpc) is 2.82.